The molecular formula is C10H11ClFN7. The number of hydrogen-bond acceptors (Lipinski definition) is 7. The Morgan fingerprint density at radius 3 is 2.26 bits per heavy atom. The lowest BCUT2D eigenvalue weighted by Gasteiger charge is -2.14. The van der Waals surface area contributed by atoms with Gasteiger partial charge in [-0.3, -0.25) is 0 Å². The standard InChI is InChI=1S/C10H11ClFN7/c11-6-2-1-3-7(4-6)19(12)10-15-8(17-13)5-9(16-10)18-14/h1-5H,13-14H2,(H2,15,16,17,18). The molecule has 0 aliphatic heterocycles. The van der Waals surface area contributed by atoms with E-state index in [1.54, 1.807) is 12.1 Å². The summed E-state index contributed by atoms with van der Waals surface area (Å²) in [5.74, 6) is 10.7. The predicted molar refractivity (Wildman–Crippen MR) is 72.4 cm³/mol. The number of nitrogens with one attached hydrogen (secondary N) is 2. The second-order valence-electron chi connectivity index (χ2n) is 3.49. The largest absolute Gasteiger partial charge is 0.308 e. The van der Waals surface area contributed by atoms with E-state index in [1.807, 2.05) is 0 Å². The molecule has 0 aliphatic rings. The van der Waals surface area contributed by atoms with Crippen molar-refractivity contribution in [2.45, 2.75) is 0 Å². The Labute approximate surface area is 113 Å². The van der Waals surface area contributed by atoms with E-state index >= 15 is 0 Å². The van der Waals surface area contributed by atoms with Gasteiger partial charge in [-0.15, -0.1) is 5.12 Å². The first-order valence-electron chi connectivity index (χ1n) is 5.18. The third-order valence-corrected chi connectivity index (χ3v) is 2.46. The predicted octanol–water partition coefficient (Wildman–Crippen LogP) is 1.72. The van der Waals surface area contributed by atoms with Crippen molar-refractivity contribution in [3.8, 4) is 0 Å². The van der Waals surface area contributed by atoms with Gasteiger partial charge in [0, 0.05) is 11.1 Å². The Hall–Kier alpha value is -2.16. The number of hydrazine groups is 2. The maximum atomic E-state index is 14.2. The number of benzene rings is 1. The third kappa shape index (κ3) is 2.99. The van der Waals surface area contributed by atoms with Crippen LogP contribution in [0.3, 0.4) is 0 Å². The molecule has 7 nitrogen and oxygen atoms in total. The Kier molecular flexibility index (Phi) is 3.95. The van der Waals surface area contributed by atoms with Crippen molar-refractivity contribution >= 4 is 34.9 Å². The molecule has 1 aromatic carbocycles. The minimum atomic E-state index is -0.231. The normalized spacial score (nSPS) is 10.1. The van der Waals surface area contributed by atoms with Crippen molar-refractivity contribution in [3.63, 3.8) is 0 Å². The van der Waals surface area contributed by atoms with Gasteiger partial charge in [-0.05, 0) is 18.2 Å². The van der Waals surface area contributed by atoms with Crippen LogP contribution in [0.1, 0.15) is 0 Å². The summed E-state index contributed by atoms with van der Waals surface area (Å²) in [7, 11) is 0. The molecule has 100 valence electrons. The van der Waals surface area contributed by atoms with Gasteiger partial charge >= 0.3 is 0 Å². The summed E-state index contributed by atoms with van der Waals surface area (Å²) < 4.78 is 14.2. The Morgan fingerprint density at radius 2 is 1.74 bits per heavy atom. The fourth-order valence-electron chi connectivity index (χ4n) is 1.38. The minimum Gasteiger partial charge on any atom is -0.308 e. The summed E-state index contributed by atoms with van der Waals surface area (Å²) in [6, 6.07) is 7.62. The fraction of sp³-hybridized carbons (Fsp3) is 0. The van der Waals surface area contributed by atoms with Crippen LogP contribution < -0.4 is 27.7 Å². The van der Waals surface area contributed by atoms with Gasteiger partial charge in [-0.2, -0.15) is 9.97 Å². The van der Waals surface area contributed by atoms with E-state index < -0.39 is 0 Å². The van der Waals surface area contributed by atoms with Gasteiger partial charge in [0.25, 0.3) is 5.95 Å². The molecule has 19 heavy (non-hydrogen) atoms. The van der Waals surface area contributed by atoms with Gasteiger partial charge in [0.05, 0.1) is 5.69 Å². The van der Waals surface area contributed by atoms with Crippen LogP contribution in [0.5, 0.6) is 0 Å². The molecule has 6 N–H and O–H groups in total. The van der Waals surface area contributed by atoms with E-state index in [1.165, 1.54) is 18.2 Å². The number of hydrogen-bond donors (Lipinski definition) is 4. The number of halogens is 2. The monoisotopic (exact) mass is 283 g/mol. The molecule has 0 saturated carbocycles. The smallest absolute Gasteiger partial charge is 0.262 e. The van der Waals surface area contributed by atoms with Gasteiger partial charge in [-0.25, -0.2) is 11.7 Å². The van der Waals surface area contributed by atoms with Crippen molar-refractivity contribution in [1.29, 1.82) is 0 Å². The average Bonchev–Trinajstić information content (AvgIpc) is 2.45. The Morgan fingerprint density at radius 1 is 1.11 bits per heavy atom. The third-order valence-electron chi connectivity index (χ3n) is 2.22. The molecule has 1 aromatic heterocycles. The summed E-state index contributed by atoms with van der Waals surface area (Å²) in [5.41, 5.74) is 4.77. The molecule has 0 atom stereocenters. The van der Waals surface area contributed by atoms with Crippen molar-refractivity contribution in [2.24, 2.45) is 11.7 Å². The van der Waals surface area contributed by atoms with Crippen molar-refractivity contribution in [3.05, 3.63) is 35.4 Å². The Bertz CT molecular complexity index is 557. The van der Waals surface area contributed by atoms with Crippen LogP contribution in [-0.2, 0) is 0 Å². The van der Waals surface area contributed by atoms with E-state index in [0.717, 1.165) is 0 Å². The van der Waals surface area contributed by atoms with Gasteiger partial charge < -0.3 is 10.9 Å². The number of aromatic nitrogens is 2. The zero-order chi connectivity index (χ0) is 13.8. The first-order chi connectivity index (χ1) is 9.13. The summed E-state index contributed by atoms with van der Waals surface area (Å²) in [6.45, 7) is 0. The molecule has 2 aromatic rings. The first kappa shape index (κ1) is 13.3. The van der Waals surface area contributed by atoms with Crippen LogP contribution in [0.25, 0.3) is 0 Å². The van der Waals surface area contributed by atoms with Crippen molar-refractivity contribution in [2.75, 3.05) is 16.0 Å². The van der Waals surface area contributed by atoms with Crippen LogP contribution in [-0.4, -0.2) is 9.97 Å². The summed E-state index contributed by atoms with van der Waals surface area (Å²) in [4.78, 5) is 7.74. The minimum absolute atomic E-state index is 0.185. The zero-order valence-electron chi connectivity index (χ0n) is 9.64. The highest BCUT2D eigenvalue weighted by Crippen LogP contribution is 2.27. The van der Waals surface area contributed by atoms with E-state index in [9.17, 15) is 4.48 Å². The summed E-state index contributed by atoms with van der Waals surface area (Å²) in [5, 5.41) is 0.665. The number of nitrogens with zero attached hydrogens (tertiary/aromatic N) is 3. The molecular weight excluding hydrogens is 273 g/mol. The van der Waals surface area contributed by atoms with Crippen LogP contribution >= 0.6 is 11.6 Å². The number of nitrogens with two attached hydrogens (primary N) is 2. The van der Waals surface area contributed by atoms with Crippen LogP contribution in [0.2, 0.25) is 5.02 Å². The number of rotatable bonds is 4. The molecule has 0 bridgehead atoms. The molecule has 2 rings (SSSR count). The second-order valence-corrected chi connectivity index (χ2v) is 3.92. The molecule has 1 heterocycles. The van der Waals surface area contributed by atoms with E-state index in [2.05, 4.69) is 20.8 Å². The van der Waals surface area contributed by atoms with Gasteiger partial charge in [0.1, 0.15) is 11.6 Å². The van der Waals surface area contributed by atoms with E-state index in [-0.39, 0.29) is 28.4 Å². The maximum Gasteiger partial charge on any atom is 0.262 e. The average molecular weight is 284 g/mol. The molecule has 0 amide bonds. The van der Waals surface area contributed by atoms with Gasteiger partial charge in [-0.1, -0.05) is 22.1 Å². The quantitative estimate of drug-likeness (QED) is 0.385. The number of anilines is 4. The first-order valence-corrected chi connectivity index (χ1v) is 5.55. The molecule has 0 saturated heterocycles. The summed E-state index contributed by atoms with van der Waals surface area (Å²) in [6.07, 6.45) is 0. The van der Waals surface area contributed by atoms with Crippen molar-refractivity contribution < 1.29 is 4.48 Å². The molecule has 0 radical (unpaired) electrons. The highest BCUT2D eigenvalue weighted by Gasteiger charge is 2.14. The highest BCUT2D eigenvalue weighted by molar-refractivity contribution is 6.30. The Balaban J connectivity index is 2.40. The van der Waals surface area contributed by atoms with Crippen molar-refractivity contribution in [1.82, 2.24) is 9.97 Å². The van der Waals surface area contributed by atoms with Crippen LogP contribution in [0.4, 0.5) is 27.8 Å². The van der Waals surface area contributed by atoms with E-state index in [0.29, 0.717) is 5.02 Å². The van der Waals surface area contributed by atoms with Gasteiger partial charge in [0.2, 0.25) is 0 Å². The van der Waals surface area contributed by atoms with Crippen LogP contribution in [0.15, 0.2) is 30.3 Å². The number of nitrogen functional groups attached to an aromatic ring is 2. The molecule has 0 fully saturated rings. The van der Waals surface area contributed by atoms with Gasteiger partial charge in [0.15, 0.2) is 0 Å². The fourth-order valence-corrected chi connectivity index (χ4v) is 1.57. The molecule has 9 heteroatoms. The highest BCUT2D eigenvalue weighted by atomic mass is 35.5. The maximum absolute atomic E-state index is 14.2. The van der Waals surface area contributed by atoms with Crippen LogP contribution in [0, 0.1) is 0 Å². The topological polar surface area (TPSA) is 105 Å². The molecule has 0 spiro atoms. The lowest BCUT2D eigenvalue weighted by molar-refractivity contribution is 0.493. The summed E-state index contributed by atoms with van der Waals surface area (Å²) >= 11 is 5.79. The molecule has 0 aliphatic carbocycles. The second kappa shape index (κ2) is 5.65. The molecule has 0 unspecified atom stereocenters. The van der Waals surface area contributed by atoms with E-state index in [4.69, 9.17) is 23.3 Å². The lowest BCUT2D eigenvalue weighted by atomic mass is 10.3. The SMILES string of the molecule is NNc1cc(NN)nc(N(F)c2cccc(Cl)c2)n1. The lowest BCUT2D eigenvalue weighted by Crippen LogP contribution is -2.16. The zero-order valence-corrected chi connectivity index (χ0v) is 10.4.